The number of nitrogens with zero attached hydrogens (tertiary/aromatic N) is 1. The highest BCUT2D eigenvalue weighted by molar-refractivity contribution is 7.04. The number of rotatable bonds is 1. The number of aryl methyl sites for hydroxylation is 1. The van der Waals surface area contributed by atoms with E-state index >= 15 is 0 Å². The van der Waals surface area contributed by atoms with Gasteiger partial charge in [0, 0.05) is 10.9 Å². The van der Waals surface area contributed by atoms with Crippen molar-refractivity contribution in [3.05, 3.63) is 49.5 Å². The molecule has 1 aromatic carbocycles. The molecule has 1 aromatic heterocycles. The number of hydrogen-bond donors (Lipinski definition) is 0. The molecule has 0 N–H and O–H groups in total. The highest BCUT2D eigenvalue weighted by atomic mass is 35.5. The fourth-order valence-electron chi connectivity index (χ4n) is 1.18. The number of benzene rings is 1. The molecule has 0 aliphatic carbocycles. The summed E-state index contributed by atoms with van der Waals surface area (Å²) in [5.41, 5.74) is 1.46. The predicted molar refractivity (Wildman–Crippen MR) is 64.7 cm³/mol. The maximum absolute atomic E-state index is 11.7. The lowest BCUT2D eigenvalue weighted by Gasteiger charge is -2.01. The van der Waals surface area contributed by atoms with Gasteiger partial charge in [0.05, 0.1) is 15.7 Å². The van der Waals surface area contributed by atoms with Gasteiger partial charge in [0.1, 0.15) is 0 Å². The van der Waals surface area contributed by atoms with Crippen molar-refractivity contribution in [2.45, 2.75) is 6.92 Å². The van der Waals surface area contributed by atoms with E-state index in [0.717, 1.165) is 11.3 Å². The molecule has 0 aliphatic heterocycles. The topological polar surface area (TPSA) is 22.0 Å². The minimum absolute atomic E-state index is 0.0154. The lowest BCUT2D eigenvalue weighted by Crippen LogP contribution is -2.12. The Morgan fingerprint density at radius 3 is 2.53 bits per heavy atom. The van der Waals surface area contributed by atoms with Crippen LogP contribution >= 0.6 is 34.7 Å². The Hall–Kier alpha value is -0.770. The lowest BCUT2D eigenvalue weighted by molar-refractivity contribution is 1.11. The van der Waals surface area contributed by atoms with Gasteiger partial charge in [0.2, 0.25) is 0 Å². The van der Waals surface area contributed by atoms with Gasteiger partial charge in [-0.15, -0.1) is 0 Å². The van der Waals surface area contributed by atoms with E-state index in [4.69, 9.17) is 23.2 Å². The van der Waals surface area contributed by atoms with Crippen molar-refractivity contribution in [2.75, 3.05) is 0 Å². The minimum Gasteiger partial charge on any atom is -0.268 e. The van der Waals surface area contributed by atoms with E-state index in [9.17, 15) is 4.79 Å². The first-order valence-corrected chi connectivity index (χ1v) is 5.82. The standard InChI is InChI=1S/C10H7Cl2NOS/c1-6-5-15-13(10(6)14)7-2-3-8(11)9(12)4-7/h2-5H,1H3. The Kier molecular flexibility index (Phi) is 2.87. The Balaban J connectivity index is 2.60. The third-order valence-corrected chi connectivity index (χ3v) is 3.78. The summed E-state index contributed by atoms with van der Waals surface area (Å²) in [6, 6.07) is 5.13. The Labute approximate surface area is 101 Å². The van der Waals surface area contributed by atoms with E-state index in [-0.39, 0.29) is 5.56 Å². The second-order valence-electron chi connectivity index (χ2n) is 3.10. The van der Waals surface area contributed by atoms with Crippen molar-refractivity contribution in [3.63, 3.8) is 0 Å². The minimum atomic E-state index is -0.0154. The molecule has 0 spiro atoms. The quantitative estimate of drug-likeness (QED) is 0.769. The molecule has 0 amide bonds. The summed E-state index contributed by atoms with van der Waals surface area (Å²) >= 11 is 13.0. The third kappa shape index (κ3) is 1.95. The maximum Gasteiger partial charge on any atom is 0.268 e. The Bertz CT molecular complexity index is 559. The molecule has 0 fully saturated rings. The van der Waals surface area contributed by atoms with Crippen molar-refractivity contribution >= 4 is 34.7 Å². The molecule has 15 heavy (non-hydrogen) atoms. The lowest BCUT2D eigenvalue weighted by atomic mass is 10.3. The fourth-order valence-corrected chi connectivity index (χ4v) is 2.31. The molecule has 78 valence electrons. The van der Waals surface area contributed by atoms with Gasteiger partial charge >= 0.3 is 0 Å². The van der Waals surface area contributed by atoms with E-state index < -0.39 is 0 Å². The molecular formula is C10H7Cl2NOS. The molecular weight excluding hydrogens is 253 g/mol. The molecule has 2 rings (SSSR count). The first-order valence-electron chi connectivity index (χ1n) is 4.22. The Morgan fingerprint density at radius 2 is 2.00 bits per heavy atom. The van der Waals surface area contributed by atoms with Crippen LogP contribution in [0.3, 0.4) is 0 Å². The van der Waals surface area contributed by atoms with Gasteiger partial charge in [0.25, 0.3) is 5.56 Å². The van der Waals surface area contributed by atoms with E-state index in [1.807, 2.05) is 5.38 Å². The number of aromatic nitrogens is 1. The van der Waals surface area contributed by atoms with Crippen molar-refractivity contribution in [1.82, 2.24) is 3.96 Å². The molecule has 0 saturated heterocycles. The van der Waals surface area contributed by atoms with Crippen molar-refractivity contribution in [3.8, 4) is 5.69 Å². The average molecular weight is 260 g/mol. The van der Waals surface area contributed by atoms with Crippen LogP contribution in [0.2, 0.25) is 10.0 Å². The zero-order valence-corrected chi connectivity index (χ0v) is 10.2. The van der Waals surface area contributed by atoms with Crippen LogP contribution in [0, 0.1) is 6.92 Å². The van der Waals surface area contributed by atoms with Gasteiger partial charge in [-0.05, 0) is 25.1 Å². The van der Waals surface area contributed by atoms with Crippen LogP contribution in [0.15, 0.2) is 28.4 Å². The normalized spacial score (nSPS) is 10.6. The average Bonchev–Trinajstić information content (AvgIpc) is 2.53. The molecule has 0 atom stereocenters. The molecule has 1 heterocycles. The molecule has 2 aromatic rings. The third-order valence-electron chi connectivity index (χ3n) is 1.99. The molecule has 0 aliphatic rings. The van der Waals surface area contributed by atoms with Crippen LogP contribution in [0.4, 0.5) is 0 Å². The van der Waals surface area contributed by atoms with Crippen LogP contribution in [-0.2, 0) is 0 Å². The Morgan fingerprint density at radius 1 is 1.27 bits per heavy atom. The van der Waals surface area contributed by atoms with Crippen LogP contribution < -0.4 is 5.56 Å². The predicted octanol–water partition coefficient (Wildman–Crippen LogP) is 3.51. The second-order valence-corrected chi connectivity index (χ2v) is 4.73. The van der Waals surface area contributed by atoms with Gasteiger partial charge in [-0.3, -0.25) is 4.79 Å². The van der Waals surface area contributed by atoms with Gasteiger partial charge < -0.3 is 0 Å². The highest BCUT2D eigenvalue weighted by Gasteiger charge is 2.06. The van der Waals surface area contributed by atoms with Crippen LogP contribution in [0.5, 0.6) is 0 Å². The maximum atomic E-state index is 11.7. The second kappa shape index (κ2) is 4.00. The summed E-state index contributed by atoms with van der Waals surface area (Å²) < 4.78 is 1.58. The molecule has 5 heteroatoms. The van der Waals surface area contributed by atoms with Crippen molar-refractivity contribution in [1.29, 1.82) is 0 Å². The molecule has 0 saturated carbocycles. The molecule has 0 radical (unpaired) electrons. The van der Waals surface area contributed by atoms with Gasteiger partial charge in [0.15, 0.2) is 0 Å². The summed E-state index contributed by atoms with van der Waals surface area (Å²) in [6.45, 7) is 1.78. The zero-order chi connectivity index (χ0) is 11.0. The SMILES string of the molecule is Cc1csn(-c2ccc(Cl)c(Cl)c2)c1=O. The van der Waals surface area contributed by atoms with Gasteiger partial charge in [-0.25, -0.2) is 3.96 Å². The highest BCUT2D eigenvalue weighted by Crippen LogP contribution is 2.24. The van der Waals surface area contributed by atoms with Gasteiger partial charge in [-0.1, -0.05) is 34.7 Å². The largest absolute Gasteiger partial charge is 0.268 e. The van der Waals surface area contributed by atoms with E-state index in [0.29, 0.717) is 10.0 Å². The van der Waals surface area contributed by atoms with Crippen LogP contribution in [-0.4, -0.2) is 3.96 Å². The first-order chi connectivity index (χ1) is 7.09. The van der Waals surface area contributed by atoms with Crippen molar-refractivity contribution in [2.24, 2.45) is 0 Å². The molecule has 0 unspecified atom stereocenters. The smallest absolute Gasteiger partial charge is 0.268 e. The van der Waals surface area contributed by atoms with Crippen molar-refractivity contribution < 1.29 is 0 Å². The summed E-state index contributed by atoms with van der Waals surface area (Å²) in [5, 5.41) is 2.75. The van der Waals surface area contributed by atoms with E-state index in [1.54, 1.807) is 29.1 Å². The first kappa shape index (κ1) is 10.7. The summed E-state index contributed by atoms with van der Waals surface area (Å²) in [4.78, 5) is 11.7. The number of hydrogen-bond acceptors (Lipinski definition) is 2. The molecule has 2 nitrogen and oxygen atoms in total. The van der Waals surface area contributed by atoms with E-state index in [1.165, 1.54) is 11.5 Å². The van der Waals surface area contributed by atoms with Gasteiger partial charge in [-0.2, -0.15) is 0 Å². The summed E-state index contributed by atoms with van der Waals surface area (Å²) in [7, 11) is 0. The fraction of sp³-hybridized carbons (Fsp3) is 0.100. The zero-order valence-electron chi connectivity index (χ0n) is 7.83. The van der Waals surface area contributed by atoms with Crippen LogP contribution in [0.1, 0.15) is 5.56 Å². The molecule has 0 bridgehead atoms. The summed E-state index contributed by atoms with van der Waals surface area (Å²) in [6.07, 6.45) is 0. The number of halogens is 2. The van der Waals surface area contributed by atoms with Crippen LogP contribution in [0.25, 0.3) is 5.69 Å². The monoisotopic (exact) mass is 259 g/mol. The summed E-state index contributed by atoms with van der Waals surface area (Å²) in [5.74, 6) is 0. The van der Waals surface area contributed by atoms with E-state index in [2.05, 4.69) is 0 Å².